The van der Waals surface area contributed by atoms with Gasteiger partial charge in [0.15, 0.2) is 5.65 Å². The second-order valence-corrected chi connectivity index (χ2v) is 7.23. The Hall–Kier alpha value is -4.26. The summed E-state index contributed by atoms with van der Waals surface area (Å²) in [6, 6.07) is 8.14. The number of aromatic amines is 2. The molecular weight excluding hydrogens is 376 g/mol. The number of furan rings is 1. The van der Waals surface area contributed by atoms with Crippen LogP contribution >= 0.6 is 0 Å². The smallest absolute Gasteiger partial charge is 0.181 e. The minimum Gasteiger partial charge on any atom is -0.472 e. The van der Waals surface area contributed by atoms with Crippen molar-refractivity contribution in [2.45, 2.75) is 6.92 Å². The van der Waals surface area contributed by atoms with Crippen LogP contribution in [0.3, 0.4) is 0 Å². The quantitative estimate of drug-likeness (QED) is 0.435. The monoisotopic (exact) mass is 392 g/mol. The second-order valence-electron chi connectivity index (χ2n) is 7.23. The van der Waals surface area contributed by atoms with Gasteiger partial charge < -0.3 is 9.40 Å². The molecule has 0 aromatic carbocycles. The molecule has 0 spiro atoms. The summed E-state index contributed by atoms with van der Waals surface area (Å²) in [5, 5.41) is 9.54. The Morgan fingerprint density at radius 3 is 2.70 bits per heavy atom. The molecule has 30 heavy (non-hydrogen) atoms. The lowest BCUT2D eigenvalue weighted by molar-refractivity contribution is 0.568. The Labute approximate surface area is 170 Å². The first-order valence-electron chi connectivity index (χ1n) is 9.53. The highest BCUT2D eigenvalue weighted by molar-refractivity contribution is 6.00. The molecule has 0 radical (unpaired) electrons. The number of nitrogens with one attached hydrogen (secondary N) is 2. The first-order chi connectivity index (χ1) is 14.8. The second kappa shape index (κ2) is 6.38. The van der Waals surface area contributed by atoms with Crippen LogP contribution in [-0.2, 0) is 0 Å². The van der Waals surface area contributed by atoms with Crippen LogP contribution in [0.1, 0.15) is 5.56 Å². The van der Waals surface area contributed by atoms with Gasteiger partial charge in [-0.15, -0.1) is 0 Å². The molecule has 0 fully saturated rings. The highest BCUT2D eigenvalue weighted by Crippen LogP contribution is 2.34. The Balaban J connectivity index is 1.53. The van der Waals surface area contributed by atoms with Gasteiger partial charge in [-0.05, 0) is 36.8 Å². The number of hydrogen-bond donors (Lipinski definition) is 2. The third kappa shape index (κ3) is 2.52. The molecule has 7 nitrogen and oxygen atoms in total. The van der Waals surface area contributed by atoms with E-state index in [1.807, 2.05) is 36.9 Å². The van der Waals surface area contributed by atoms with Gasteiger partial charge in [0, 0.05) is 57.8 Å². The Bertz CT molecular complexity index is 1510. The van der Waals surface area contributed by atoms with Crippen LogP contribution < -0.4 is 0 Å². The fourth-order valence-electron chi connectivity index (χ4n) is 3.85. The lowest BCUT2D eigenvalue weighted by Gasteiger charge is -2.04. The van der Waals surface area contributed by atoms with E-state index in [1.165, 1.54) is 0 Å². The molecule has 0 saturated carbocycles. The van der Waals surface area contributed by atoms with Crippen molar-refractivity contribution in [2.75, 3.05) is 0 Å². The standard InChI is InChI=1S/C23H16N6O/c1-13-2-4-24-9-18(13)15-6-17-22(28-29-23(17)26-8-15)20-7-16-19(14-3-5-30-12-14)10-25-11-21(16)27-20/h2-12,27H,1H3,(H,26,28,29). The van der Waals surface area contributed by atoms with Crippen LogP contribution in [0.4, 0.5) is 0 Å². The topological polar surface area (TPSA) is 96.3 Å². The normalized spacial score (nSPS) is 11.5. The predicted octanol–water partition coefficient (Wildman–Crippen LogP) is 5.13. The SMILES string of the molecule is Cc1ccncc1-c1cnc2n[nH]c(-c3cc4c(-c5ccoc5)cncc4[nH]3)c2c1. The lowest BCUT2D eigenvalue weighted by atomic mass is 10.0. The van der Waals surface area contributed by atoms with E-state index in [0.717, 1.165) is 55.5 Å². The Kier molecular flexibility index (Phi) is 3.55. The van der Waals surface area contributed by atoms with E-state index in [0.29, 0.717) is 5.65 Å². The number of fused-ring (bicyclic) bond motifs is 2. The third-order valence-corrected chi connectivity index (χ3v) is 5.41. The summed E-state index contributed by atoms with van der Waals surface area (Å²) >= 11 is 0. The van der Waals surface area contributed by atoms with Crippen molar-refractivity contribution in [3.8, 4) is 33.6 Å². The van der Waals surface area contributed by atoms with Gasteiger partial charge in [0.05, 0.1) is 35.6 Å². The van der Waals surface area contributed by atoms with Gasteiger partial charge in [0.25, 0.3) is 0 Å². The first kappa shape index (κ1) is 16.7. The molecule has 0 aliphatic heterocycles. The van der Waals surface area contributed by atoms with Gasteiger partial charge in [0.2, 0.25) is 0 Å². The molecule has 0 bridgehead atoms. The number of nitrogens with zero attached hydrogens (tertiary/aromatic N) is 4. The van der Waals surface area contributed by atoms with Crippen molar-refractivity contribution in [1.29, 1.82) is 0 Å². The predicted molar refractivity (Wildman–Crippen MR) is 115 cm³/mol. The number of aryl methyl sites for hydroxylation is 1. The zero-order valence-corrected chi connectivity index (χ0v) is 16.0. The molecule has 0 unspecified atom stereocenters. The van der Waals surface area contributed by atoms with E-state index in [9.17, 15) is 0 Å². The van der Waals surface area contributed by atoms with Gasteiger partial charge in [-0.25, -0.2) is 4.98 Å². The van der Waals surface area contributed by atoms with Crippen LogP contribution in [0, 0.1) is 6.92 Å². The summed E-state index contributed by atoms with van der Waals surface area (Å²) in [5.41, 5.74) is 8.64. The van der Waals surface area contributed by atoms with Crippen LogP contribution in [0.5, 0.6) is 0 Å². The minimum absolute atomic E-state index is 0.669. The Morgan fingerprint density at radius 1 is 0.900 bits per heavy atom. The van der Waals surface area contributed by atoms with E-state index in [2.05, 4.69) is 49.2 Å². The minimum atomic E-state index is 0.669. The fraction of sp³-hybridized carbons (Fsp3) is 0.0435. The number of hydrogen-bond acceptors (Lipinski definition) is 5. The summed E-state index contributed by atoms with van der Waals surface area (Å²) in [4.78, 5) is 16.6. The first-order valence-corrected chi connectivity index (χ1v) is 9.53. The zero-order valence-electron chi connectivity index (χ0n) is 16.0. The van der Waals surface area contributed by atoms with Crippen molar-refractivity contribution in [3.05, 3.63) is 73.3 Å². The van der Waals surface area contributed by atoms with Gasteiger partial charge in [-0.1, -0.05) is 0 Å². The summed E-state index contributed by atoms with van der Waals surface area (Å²) in [6.07, 6.45) is 12.6. The maximum absolute atomic E-state index is 5.25. The molecule has 144 valence electrons. The largest absolute Gasteiger partial charge is 0.472 e. The highest BCUT2D eigenvalue weighted by Gasteiger charge is 2.15. The molecule has 0 aliphatic carbocycles. The Morgan fingerprint density at radius 2 is 1.83 bits per heavy atom. The summed E-state index contributed by atoms with van der Waals surface area (Å²) in [5.74, 6) is 0. The molecule has 7 heteroatoms. The molecule has 0 amide bonds. The number of H-pyrrole nitrogens is 2. The van der Waals surface area contributed by atoms with Crippen molar-refractivity contribution in [2.24, 2.45) is 0 Å². The van der Waals surface area contributed by atoms with Crippen LogP contribution in [0.15, 0.2) is 72.2 Å². The molecule has 0 aliphatic rings. The van der Waals surface area contributed by atoms with Crippen molar-refractivity contribution >= 4 is 21.9 Å². The number of pyridine rings is 3. The molecule has 6 aromatic heterocycles. The molecule has 2 N–H and O–H groups in total. The lowest BCUT2D eigenvalue weighted by Crippen LogP contribution is -1.87. The maximum atomic E-state index is 5.25. The van der Waals surface area contributed by atoms with E-state index in [4.69, 9.17) is 4.42 Å². The highest BCUT2D eigenvalue weighted by atomic mass is 16.3. The fourth-order valence-corrected chi connectivity index (χ4v) is 3.85. The summed E-state index contributed by atoms with van der Waals surface area (Å²) in [7, 11) is 0. The average Bonchev–Trinajstić information content (AvgIpc) is 3.51. The van der Waals surface area contributed by atoms with Gasteiger partial charge in [-0.2, -0.15) is 5.10 Å². The van der Waals surface area contributed by atoms with E-state index >= 15 is 0 Å². The van der Waals surface area contributed by atoms with Crippen molar-refractivity contribution in [3.63, 3.8) is 0 Å². The molecular formula is C23H16N6O. The van der Waals surface area contributed by atoms with Crippen LogP contribution in [0.2, 0.25) is 0 Å². The van der Waals surface area contributed by atoms with E-state index in [-0.39, 0.29) is 0 Å². The van der Waals surface area contributed by atoms with Gasteiger partial charge >= 0.3 is 0 Å². The molecule has 0 saturated heterocycles. The summed E-state index contributed by atoms with van der Waals surface area (Å²) in [6.45, 7) is 2.07. The van der Waals surface area contributed by atoms with Crippen LogP contribution in [0.25, 0.3) is 55.6 Å². The van der Waals surface area contributed by atoms with Crippen LogP contribution in [-0.4, -0.2) is 30.1 Å². The molecule has 0 atom stereocenters. The van der Waals surface area contributed by atoms with Crippen molar-refractivity contribution in [1.82, 2.24) is 30.1 Å². The maximum Gasteiger partial charge on any atom is 0.181 e. The van der Waals surface area contributed by atoms with Gasteiger partial charge in [-0.3, -0.25) is 15.1 Å². The number of rotatable bonds is 3. The average molecular weight is 392 g/mol. The zero-order chi connectivity index (χ0) is 20.1. The summed E-state index contributed by atoms with van der Waals surface area (Å²) < 4.78 is 5.25. The number of aromatic nitrogens is 6. The van der Waals surface area contributed by atoms with E-state index in [1.54, 1.807) is 18.7 Å². The molecule has 6 heterocycles. The molecule has 6 aromatic rings. The third-order valence-electron chi connectivity index (χ3n) is 5.41. The molecule has 6 rings (SSSR count). The van der Waals surface area contributed by atoms with E-state index < -0.39 is 0 Å². The van der Waals surface area contributed by atoms with Gasteiger partial charge in [0.1, 0.15) is 0 Å². The van der Waals surface area contributed by atoms with Crippen molar-refractivity contribution < 1.29 is 4.42 Å².